The second-order valence-corrected chi connectivity index (χ2v) is 6.45. The molecule has 0 bridgehead atoms. The highest BCUT2D eigenvalue weighted by atomic mass is 32.1. The van der Waals surface area contributed by atoms with Gasteiger partial charge in [0, 0.05) is 6.20 Å². The van der Waals surface area contributed by atoms with Gasteiger partial charge in [-0.1, -0.05) is 12.8 Å². The molecule has 1 aliphatic rings. The molecule has 4 rings (SSSR count). The monoisotopic (exact) mass is 300 g/mol. The van der Waals surface area contributed by atoms with E-state index in [1.807, 2.05) is 23.7 Å². The predicted molar refractivity (Wildman–Crippen MR) is 82.7 cm³/mol. The van der Waals surface area contributed by atoms with Crippen LogP contribution in [0.15, 0.2) is 34.8 Å². The van der Waals surface area contributed by atoms with Crippen molar-refractivity contribution in [2.75, 3.05) is 0 Å². The number of fused-ring (bicyclic) bond motifs is 1. The van der Waals surface area contributed by atoms with Crippen LogP contribution in [0, 0.1) is 0 Å². The Morgan fingerprint density at radius 1 is 1.29 bits per heavy atom. The van der Waals surface area contributed by atoms with Gasteiger partial charge in [-0.2, -0.15) is 5.10 Å². The van der Waals surface area contributed by atoms with Crippen molar-refractivity contribution >= 4 is 21.6 Å². The molecule has 0 saturated heterocycles. The van der Waals surface area contributed by atoms with Crippen LogP contribution in [0.3, 0.4) is 0 Å². The summed E-state index contributed by atoms with van der Waals surface area (Å²) >= 11 is 1.44. The molecule has 3 aromatic rings. The van der Waals surface area contributed by atoms with Gasteiger partial charge in [0.15, 0.2) is 0 Å². The van der Waals surface area contributed by atoms with Crippen molar-refractivity contribution in [3.63, 3.8) is 0 Å². The summed E-state index contributed by atoms with van der Waals surface area (Å²) in [6.45, 7) is 0.486. The highest BCUT2D eigenvalue weighted by molar-refractivity contribution is 7.17. The number of nitrogens with zero attached hydrogens (tertiary/aromatic N) is 4. The summed E-state index contributed by atoms with van der Waals surface area (Å²) < 4.78 is 4.41. The maximum atomic E-state index is 12.4. The van der Waals surface area contributed by atoms with Crippen LogP contribution >= 0.6 is 11.3 Å². The van der Waals surface area contributed by atoms with Crippen molar-refractivity contribution in [3.05, 3.63) is 46.1 Å². The normalized spacial score (nSPS) is 16.0. The van der Waals surface area contributed by atoms with Crippen molar-refractivity contribution in [3.8, 4) is 0 Å². The van der Waals surface area contributed by atoms with Gasteiger partial charge in [-0.25, -0.2) is 4.98 Å². The molecule has 0 unspecified atom stereocenters. The maximum Gasteiger partial charge on any atom is 0.271 e. The fourth-order valence-electron chi connectivity index (χ4n) is 3.00. The molecule has 0 radical (unpaired) electrons. The molecule has 3 heterocycles. The molecular weight excluding hydrogens is 284 g/mol. The molecule has 108 valence electrons. The van der Waals surface area contributed by atoms with Crippen molar-refractivity contribution < 1.29 is 0 Å². The van der Waals surface area contributed by atoms with Crippen LogP contribution in [-0.4, -0.2) is 19.3 Å². The van der Waals surface area contributed by atoms with Crippen molar-refractivity contribution in [2.24, 2.45) is 0 Å². The fourth-order valence-corrected chi connectivity index (χ4v) is 3.79. The zero-order valence-electron chi connectivity index (χ0n) is 11.6. The molecule has 6 heteroatoms. The molecule has 0 aromatic carbocycles. The topological polar surface area (TPSA) is 52.7 Å². The van der Waals surface area contributed by atoms with E-state index in [4.69, 9.17) is 0 Å². The van der Waals surface area contributed by atoms with Crippen LogP contribution in [0.4, 0.5) is 0 Å². The molecule has 21 heavy (non-hydrogen) atoms. The number of aromatic nitrogens is 4. The van der Waals surface area contributed by atoms with Gasteiger partial charge in [0.2, 0.25) is 0 Å². The van der Waals surface area contributed by atoms with Gasteiger partial charge in [-0.15, -0.1) is 11.3 Å². The minimum atomic E-state index is 0.0189. The first kappa shape index (κ1) is 12.8. The average molecular weight is 300 g/mol. The Balaban J connectivity index is 1.62. The molecule has 1 fully saturated rings. The van der Waals surface area contributed by atoms with Crippen LogP contribution in [-0.2, 0) is 6.54 Å². The third kappa shape index (κ3) is 2.29. The fraction of sp³-hybridized carbons (Fsp3) is 0.400. The van der Waals surface area contributed by atoms with Crippen molar-refractivity contribution in [1.29, 1.82) is 0 Å². The van der Waals surface area contributed by atoms with Crippen LogP contribution < -0.4 is 5.56 Å². The second-order valence-electron chi connectivity index (χ2n) is 5.54. The average Bonchev–Trinajstić information content (AvgIpc) is 3.21. The third-order valence-electron chi connectivity index (χ3n) is 4.13. The number of hydrogen-bond donors (Lipinski definition) is 0. The molecule has 0 aliphatic heterocycles. The quantitative estimate of drug-likeness (QED) is 0.747. The summed E-state index contributed by atoms with van der Waals surface area (Å²) in [7, 11) is 0. The lowest BCUT2D eigenvalue weighted by Gasteiger charge is -2.09. The molecule has 5 nitrogen and oxygen atoms in total. The largest absolute Gasteiger partial charge is 0.292 e. The number of rotatable bonds is 3. The van der Waals surface area contributed by atoms with E-state index in [-0.39, 0.29) is 5.56 Å². The zero-order chi connectivity index (χ0) is 14.2. The first-order chi connectivity index (χ1) is 10.3. The lowest BCUT2D eigenvalue weighted by atomic mass is 10.3. The van der Waals surface area contributed by atoms with Gasteiger partial charge < -0.3 is 0 Å². The van der Waals surface area contributed by atoms with Crippen LogP contribution in [0.2, 0.25) is 0 Å². The highest BCUT2D eigenvalue weighted by Gasteiger charge is 2.17. The Morgan fingerprint density at radius 3 is 3.00 bits per heavy atom. The minimum absolute atomic E-state index is 0.0189. The summed E-state index contributed by atoms with van der Waals surface area (Å²) in [5.41, 5.74) is 1.71. The van der Waals surface area contributed by atoms with Crippen LogP contribution in [0.1, 0.15) is 37.4 Å². The summed E-state index contributed by atoms with van der Waals surface area (Å²) in [5, 5.41) is 6.53. The first-order valence-corrected chi connectivity index (χ1v) is 8.16. The van der Waals surface area contributed by atoms with E-state index in [2.05, 4.69) is 14.8 Å². The van der Waals surface area contributed by atoms with Gasteiger partial charge in [-0.05, 0) is 30.4 Å². The van der Waals surface area contributed by atoms with E-state index in [9.17, 15) is 4.79 Å². The Kier molecular flexibility index (Phi) is 3.11. The van der Waals surface area contributed by atoms with Crippen LogP contribution in [0.25, 0.3) is 10.2 Å². The molecule has 1 aliphatic carbocycles. The molecule has 0 amide bonds. The molecule has 0 spiro atoms. The Morgan fingerprint density at radius 2 is 2.14 bits per heavy atom. The number of hydrogen-bond acceptors (Lipinski definition) is 4. The molecule has 1 saturated carbocycles. The van der Waals surface area contributed by atoms with E-state index in [0.29, 0.717) is 17.3 Å². The summed E-state index contributed by atoms with van der Waals surface area (Å²) in [6.07, 6.45) is 8.66. The van der Waals surface area contributed by atoms with E-state index >= 15 is 0 Å². The molecule has 3 aromatic heterocycles. The van der Waals surface area contributed by atoms with Crippen molar-refractivity contribution in [2.45, 2.75) is 38.3 Å². The lowest BCUT2D eigenvalue weighted by molar-refractivity contribution is 0.461. The van der Waals surface area contributed by atoms with Gasteiger partial charge in [0.25, 0.3) is 5.56 Å². The summed E-state index contributed by atoms with van der Waals surface area (Å²) in [4.78, 5) is 16.7. The first-order valence-electron chi connectivity index (χ1n) is 7.28. The van der Waals surface area contributed by atoms with E-state index < -0.39 is 0 Å². The van der Waals surface area contributed by atoms with Gasteiger partial charge >= 0.3 is 0 Å². The van der Waals surface area contributed by atoms with Crippen molar-refractivity contribution in [1.82, 2.24) is 19.3 Å². The zero-order valence-corrected chi connectivity index (χ0v) is 12.4. The minimum Gasteiger partial charge on any atom is -0.292 e. The standard InChI is InChI=1S/C15H16N4OS/c20-15-14-13(6-8-21-14)16-10-18(15)9-11-5-7-19(17-11)12-3-1-2-4-12/h5-8,10,12H,1-4,9H2. The Bertz CT molecular complexity index is 825. The van der Waals surface area contributed by atoms with Gasteiger partial charge in [0.1, 0.15) is 4.70 Å². The lowest BCUT2D eigenvalue weighted by Crippen LogP contribution is -2.20. The number of thiophene rings is 1. The second kappa shape index (κ2) is 5.11. The van der Waals surface area contributed by atoms with Gasteiger partial charge in [-0.3, -0.25) is 14.0 Å². The van der Waals surface area contributed by atoms with E-state index in [1.54, 1.807) is 10.9 Å². The Hall–Kier alpha value is -1.95. The van der Waals surface area contributed by atoms with E-state index in [1.165, 1.54) is 37.0 Å². The smallest absolute Gasteiger partial charge is 0.271 e. The summed E-state index contributed by atoms with van der Waals surface area (Å²) in [6, 6.07) is 4.41. The SMILES string of the molecule is O=c1c2sccc2ncn1Cc1ccn(C2CCCC2)n1. The highest BCUT2D eigenvalue weighted by Crippen LogP contribution is 2.28. The predicted octanol–water partition coefficient (Wildman–Crippen LogP) is 2.82. The summed E-state index contributed by atoms with van der Waals surface area (Å²) in [5.74, 6) is 0. The third-order valence-corrected chi connectivity index (χ3v) is 5.02. The molecular formula is C15H16N4OS. The van der Waals surface area contributed by atoms with Crippen LogP contribution in [0.5, 0.6) is 0 Å². The molecule has 0 N–H and O–H groups in total. The maximum absolute atomic E-state index is 12.4. The Labute approximate surface area is 125 Å². The van der Waals surface area contributed by atoms with E-state index in [0.717, 1.165) is 11.2 Å². The van der Waals surface area contributed by atoms with Gasteiger partial charge in [0.05, 0.1) is 30.1 Å². The molecule has 0 atom stereocenters.